The summed E-state index contributed by atoms with van der Waals surface area (Å²) in [5.41, 5.74) is 0.289. The van der Waals surface area contributed by atoms with Crippen LogP contribution in [0, 0.1) is 11.3 Å². The molecule has 24 heavy (non-hydrogen) atoms. The van der Waals surface area contributed by atoms with E-state index in [-0.39, 0.29) is 18.4 Å². The number of methoxy groups -OCH3 is 1. The maximum absolute atomic E-state index is 12.2. The molecule has 1 aromatic carbocycles. The van der Waals surface area contributed by atoms with Crippen molar-refractivity contribution < 1.29 is 19.4 Å². The van der Waals surface area contributed by atoms with Crippen molar-refractivity contribution in [1.82, 2.24) is 10.2 Å². The normalized spacial score (nSPS) is 26.1. The van der Waals surface area contributed by atoms with Crippen LogP contribution in [-0.2, 0) is 16.1 Å². The zero-order valence-electron chi connectivity index (χ0n) is 14.0. The highest BCUT2D eigenvalue weighted by atomic mass is 16.5. The molecular weight excluding hydrogens is 308 g/mol. The van der Waals surface area contributed by atoms with Gasteiger partial charge in [-0.3, -0.25) is 14.5 Å². The van der Waals surface area contributed by atoms with Gasteiger partial charge in [-0.15, -0.1) is 0 Å². The van der Waals surface area contributed by atoms with Gasteiger partial charge in [-0.2, -0.15) is 0 Å². The van der Waals surface area contributed by atoms with Crippen LogP contribution in [-0.4, -0.2) is 48.6 Å². The highest BCUT2D eigenvalue weighted by molar-refractivity contribution is 5.79. The first kappa shape index (κ1) is 16.8. The molecule has 1 saturated heterocycles. The molecule has 1 aromatic rings. The van der Waals surface area contributed by atoms with Crippen LogP contribution in [0.5, 0.6) is 5.75 Å². The molecule has 0 aromatic heterocycles. The van der Waals surface area contributed by atoms with E-state index in [9.17, 15) is 14.7 Å². The number of aliphatic carboxylic acids is 1. The van der Waals surface area contributed by atoms with Gasteiger partial charge in [0.1, 0.15) is 5.75 Å². The molecule has 1 saturated carbocycles. The largest absolute Gasteiger partial charge is 0.496 e. The Balaban J connectivity index is 1.54. The number of carbonyl (C=O) groups excluding carboxylic acids is 1. The molecular formula is C18H24N2O4. The fraction of sp³-hybridized carbons (Fsp3) is 0.556. The monoisotopic (exact) mass is 332 g/mol. The Morgan fingerprint density at radius 2 is 2.21 bits per heavy atom. The second kappa shape index (κ2) is 6.81. The summed E-state index contributed by atoms with van der Waals surface area (Å²) in [6.45, 7) is 1.84. The molecule has 2 N–H and O–H groups in total. The Morgan fingerprint density at radius 1 is 1.42 bits per heavy atom. The van der Waals surface area contributed by atoms with E-state index < -0.39 is 11.4 Å². The van der Waals surface area contributed by atoms with E-state index in [0.717, 1.165) is 30.6 Å². The van der Waals surface area contributed by atoms with Crippen molar-refractivity contribution in [3.05, 3.63) is 29.8 Å². The number of ether oxygens (including phenoxy) is 1. The number of carboxylic acid groups (broad SMARTS) is 1. The molecule has 2 fully saturated rings. The standard InChI is InChI=1S/C18H24N2O4/c1-24-15-7-3-2-5-13(15)9-19-16(21)11-20-10-14-6-4-8-18(14,12-20)17(22)23/h2-3,5,7,14H,4,6,8-12H2,1H3,(H,19,21)(H,22,23)/t14-,18+/m0/s1. The molecule has 6 heteroatoms. The van der Waals surface area contributed by atoms with E-state index in [2.05, 4.69) is 5.32 Å². The van der Waals surface area contributed by atoms with Crippen LogP contribution in [0.2, 0.25) is 0 Å². The van der Waals surface area contributed by atoms with Crippen molar-refractivity contribution in [1.29, 1.82) is 0 Å². The number of benzene rings is 1. The molecule has 1 amide bonds. The van der Waals surface area contributed by atoms with Crippen LogP contribution in [0.3, 0.4) is 0 Å². The van der Waals surface area contributed by atoms with Gasteiger partial charge in [0, 0.05) is 25.2 Å². The van der Waals surface area contributed by atoms with Gasteiger partial charge in [-0.05, 0) is 24.8 Å². The summed E-state index contributed by atoms with van der Waals surface area (Å²) in [6, 6.07) is 7.57. The van der Waals surface area contributed by atoms with Crippen LogP contribution in [0.1, 0.15) is 24.8 Å². The summed E-state index contributed by atoms with van der Waals surface area (Å²) >= 11 is 0. The molecule has 6 nitrogen and oxygen atoms in total. The van der Waals surface area contributed by atoms with Crippen molar-refractivity contribution in [3.8, 4) is 5.75 Å². The van der Waals surface area contributed by atoms with Crippen molar-refractivity contribution in [2.75, 3.05) is 26.7 Å². The van der Waals surface area contributed by atoms with Crippen molar-refractivity contribution in [2.45, 2.75) is 25.8 Å². The van der Waals surface area contributed by atoms with Gasteiger partial charge < -0.3 is 15.2 Å². The Kier molecular flexibility index (Phi) is 4.76. The smallest absolute Gasteiger partial charge is 0.311 e. The fourth-order valence-corrected chi connectivity index (χ4v) is 4.17. The van der Waals surface area contributed by atoms with Gasteiger partial charge in [0.25, 0.3) is 0 Å². The first-order chi connectivity index (χ1) is 11.5. The van der Waals surface area contributed by atoms with Gasteiger partial charge in [-0.25, -0.2) is 0 Å². The molecule has 1 heterocycles. The predicted octanol–water partition coefficient (Wildman–Crippen LogP) is 1.50. The van der Waals surface area contributed by atoms with E-state index >= 15 is 0 Å². The highest BCUT2D eigenvalue weighted by Crippen LogP contribution is 2.48. The van der Waals surface area contributed by atoms with Crippen LogP contribution in [0.15, 0.2) is 24.3 Å². The zero-order chi connectivity index (χ0) is 17.2. The minimum Gasteiger partial charge on any atom is -0.496 e. The van der Waals surface area contributed by atoms with Gasteiger partial charge in [0.05, 0.1) is 19.1 Å². The maximum Gasteiger partial charge on any atom is 0.311 e. The zero-order valence-corrected chi connectivity index (χ0v) is 14.0. The molecule has 1 aliphatic heterocycles. The van der Waals surface area contributed by atoms with Crippen LogP contribution < -0.4 is 10.1 Å². The molecule has 3 rings (SSSR count). The van der Waals surface area contributed by atoms with Crippen LogP contribution in [0.25, 0.3) is 0 Å². The maximum atomic E-state index is 12.2. The topological polar surface area (TPSA) is 78.9 Å². The average Bonchev–Trinajstić information content (AvgIpc) is 3.11. The number of hydrogen-bond acceptors (Lipinski definition) is 4. The number of fused-ring (bicyclic) bond motifs is 1. The van der Waals surface area contributed by atoms with Crippen molar-refractivity contribution >= 4 is 11.9 Å². The third-order valence-electron chi connectivity index (χ3n) is 5.40. The lowest BCUT2D eigenvalue weighted by molar-refractivity contribution is -0.149. The molecule has 2 aliphatic rings. The number of amides is 1. The van der Waals surface area contributed by atoms with Crippen molar-refractivity contribution in [2.24, 2.45) is 11.3 Å². The Bertz CT molecular complexity index is 633. The fourth-order valence-electron chi connectivity index (χ4n) is 4.17. The van der Waals surface area contributed by atoms with E-state index in [4.69, 9.17) is 4.74 Å². The molecule has 0 bridgehead atoms. The van der Waals surface area contributed by atoms with Gasteiger partial charge in [-0.1, -0.05) is 24.6 Å². The van der Waals surface area contributed by atoms with Crippen LogP contribution in [0.4, 0.5) is 0 Å². The lowest BCUT2D eigenvalue weighted by Crippen LogP contribution is -2.39. The summed E-state index contributed by atoms with van der Waals surface area (Å²) < 4.78 is 5.27. The van der Waals surface area contributed by atoms with Gasteiger partial charge >= 0.3 is 5.97 Å². The number of carbonyl (C=O) groups is 2. The Hall–Kier alpha value is -2.08. The summed E-state index contributed by atoms with van der Waals surface area (Å²) in [5.74, 6) is 0.138. The molecule has 2 atom stereocenters. The Morgan fingerprint density at radius 3 is 2.92 bits per heavy atom. The average molecular weight is 332 g/mol. The van der Waals surface area contributed by atoms with Gasteiger partial charge in [0.2, 0.25) is 5.91 Å². The summed E-state index contributed by atoms with van der Waals surface area (Å²) in [5, 5.41) is 12.5. The molecule has 0 radical (unpaired) electrons. The first-order valence-corrected chi connectivity index (χ1v) is 8.39. The second-order valence-electron chi connectivity index (χ2n) is 6.81. The van der Waals surface area contributed by atoms with Gasteiger partial charge in [0.15, 0.2) is 0 Å². The number of rotatable bonds is 6. The molecule has 0 unspecified atom stereocenters. The quantitative estimate of drug-likeness (QED) is 0.825. The van der Waals surface area contributed by atoms with E-state index in [1.807, 2.05) is 29.2 Å². The third-order valence-corrected chi connectivity index (χ3v) is 5.40. The number of carboxylic acids is 1. The van der Waals surface area contributed by atoms with E-state index in [1.54, 1.807) is 7.11 Å². The number of likely N-dealkylation sites (tertiary alicyclic amines) is 1. The van der Waals surface area contributed by atoms with Crippen LogP contribution >= 0.6 is 0 Å². The summed E-state index contributed by atoms with van der Waals surface area (Å²) in [6.07, 6.45) is 2.66. The highest BCUT2D eigenvalue weighted by Gasteiger charge is 2.54. The van der Waals surface area contributed by atoms with E-state index in [0.29, 0.717) is 19.6 Å². The third kappa shape index (κ3) is 3.11. The summed E-state index contributed by atoms with van der Waals surface area (Å²) in [4.78, 5) is 25.9. The predicted molar refractivity (Wildman–Crippen MR) is 88.7 cm³/mol. The first-order valence-electron chi connectivity index (χ1n) is 8.39. The summed E-state index contributed by atoms with van der Waals surface area (Å²) in [7, 11) is 1.61. The Labute approximate surface area is 141 Å². The SMILES string of the molecule is COc1ccccc1CNC(=O)CN1C[C@@H]2CCC[C@@]2(C(=O)O)C1. The lowest BCUT2D eigenvalue weighted by atomic mass is 9.81. The van der Waals surface area contributed by atoms with E-state index in [1.165, 1.54) is 0 Å². The number of para-hydroxylation sites is 1. The molecule has 1 aliphatic carbocycles. The minimum atomic E-state index is -0.707. The van der Waals surface area contributed by atoms with Crippen molar-refractivity contribution in [3.63, 3.8) is 0 Å². The number of nitrogens with one attached hydrogen (secondary N) is 1. The molecule has 130 valence electrons. The molecule has 0 spiro atoms. The minimum absolute atomic E-state index is 0.0820. The number of hydrogen-bond donors (Lipinski definition) is 2. The number of nitrogens with zero attached hydrogens (tertiary/aromatic N) is 1. The lowest BCUT2D eigenvalue weighted by Gasteiger charge is -2.23. The second-order valence-corrected chi connectivity index (χ2v) is 6.81.